The van der Waals surface area contributed by atoms with Crippen molar-refractivity contribution in [2.75, 3.05) is 34.5 Å². The van der Waals surface area contributed by atoms with E-state index in [0.717, 1.165) is 21.3 Å². The molecular weight excluding hydrogens is 499 g/mol. The molecule has 0 unspecified atom stereocenters. The minimum absolute atomic E-state index is 0.0232. The van der Waals surface area contributed by atoms with E-state index in [1.165, 1.54) is 38.1 Å². The number of carbonyl (C=O) groups excluding carboxylic acids is 3. The summed E-state index contributed by atoms with van der Waals surface area (Å²) in [6, 6.07) is 5.59. The number of benzene rings is 1. The largest absolute Gasteiger partial charge is 0.468 e. The molecule has 0 radical (unpaired) electrons. The van der Waals surface area contributed by atoms with Crippen molar-refractivity contribution in [2.45, 2.75) is 13.8 Å². The first-order chi connectivity index (χ1) is 17.0. The van der Waals surface area contributed by atoms with Gasteiger partial charge in [-0.2, -0.15) is 13.9 Å². The minimum atomic E-state index is -4.19. The predicted octanol–water partition coefficient (Wildman–Crippen LogP) is 1.82. The quantitative estimate of drug-likeness (QED) is 0.145. The summed E-state index contributed by atoms with van der Waals surface area (Å²) in [6.45, 7) is 1.63. The molecule has 1 fully saturated rings. The SMILES string of the molecule is COC(=O)c1c(C)nc(C)c([P+]2(O)OCC(C(=O)OC)(C(=O)OC)CO2)c1-c1ccccc1[N+](=O)[O-]. The van der Waals surface area contributed by atoms with Gasteiger partial charge in [-0.25, -0.2) is 4.79 Å². The number of ether oxygens (including phenoxy) is 3. The Balaban J connectivity index is 2.30. The van der Waals surface area contributed by atoms with Crippen molar-refractivity contribution >= 4 is 36.8 Å². The van der Waals surface area contributed by atoms with Crippen LogP contribution in [0.3, 0.4) is 0 Å². The van der Waals surface area contributed by atoms with E-state index in [4.69, 9.17) is 23.3 Å². The summed E-state index contributed by atoms with van der Waals surface area (Å²) in [5.74, 6) is -2.88. The van der Waals surface area contributed by atoms with E-state index in [2.05, 4.69) is 4.98 Å². The number of esters is 3. The van der Waals surface area contributed by atoms with Crippen molar-refractivity contribution < 1.29 is 47.5 Å². The number of aromatic nitrogens is 1. The van der Waals surface area contributed by atoms with Crippen LogP contribution in [0.1, 0.15) is 21.7 Å². The van der Waals surface area contributed by atoms with Gasteiger partial charge in [0.15, 0.2) is 0 Å². The Labute approximate surface area is 206 Å². The Morgan fingerprint density at radius 3 is 2.08 bits per heavy atom. The zero-order valence-electron chi connectivity index (χ0n) is 20.1. The van der Waals surface area contributed by atoms with Crippen molar-refractivity contribution in [3.63, 3.8) is 0 Å². The van der Waals surface area contributed by atoms with E-state index in [-0.39, 0.29) is 39.1 Å². The summed E-state index contributed by atoms with van der Waals surface area (Å²) in [5, 5.41) is 11.7. The normalized spacial score (nSPS) is 16.1. The van der Waals surface area contributed by atoms with Crippen molar-refractivity contribution in [1.29, 1.82) is 0 Å². The molecule has 1 aromatic heterocycles. The van der Waals surface area contributed by atoms with E-state index < -0.39 is 49.4 Å². The molecule has 1 aromatic carbocycles. The first-order valence-electron chi connectivity index (χ1n) is 10.4. The maximum atomic E-state index is 12.8. The lowest BCUT2D eigenvalue weighted by atomic mass is 9.90. The van der Waals surface area contributed by atoms with Crippen LogP contribution in [0.5, 0.6) is 0 Å². The third-order valence-electron chi connectivity index (χ3n) is 5.69. The average molecular weight is 523 g/mol. The summed E-state index contributed by atoms with van der Waals surface area (Å²) in [6.07, 6.45) is 0. The smallest absolute Gasteiger partial charge is 0.448 e. The van der Waals surface area contributed by atoms with Gasteiger partial charge in [0.25, 0.3) is 5.69 Å². The van der Waals surface area contributed by atoms with E-state index in [1.807, 2.05) is 0 Å². The molecule has 1 N–H and O–H groups in total. The van der Waals surface area contributed by atoms with Gasteiger partial charge in [-0.05, 0) is 19.9 Å². The van der Waals surface area contributed by atoms with Gasteiger partial charge < -0.3 is 14.2 Å². The van der Waals surface area contributed by atoms with Crippen LogP contribution < -0.4 is 5.30 Å². The number of nitro benzene ring substituents is 1. The number of hydrogen-bond acceptors (Lipinski definition) is 12. The molecule has 14 heteroatoms. The highest BCUT2D eigenvalue weighted by Crippen LogP contribution is 2.62. The molecule has 2 heterocycles. The lowest BCUT2D eigenvalue weighted by molar-refractivity contribution is -0.384. The number of aryl methyl sites for hydroxylation is 2. The van der Waals surface area contributed by atoms with Crippen LogP contribution in [-0.4, -0.2) is 67.3 Å². The van der Waals surface area contributed by atoms with E-state index in [0.29, 0.717) is 0 Å². The second kappa shape index (κ2) is 10.2. The van der Waals surface area contributed by atoms with Crippen LogP contribution >= 0.6 is 7.94 Å². The Kier molecular flexibility index (Phi) is 7.70. The van der Waals surface area contributed by atoms with Gasteiger partial charge in [-0.1, -0.05) is 12.1 Å². The van der Waals surface area contributed by atoms with Gasteiger partial charge in [-0.3, -0.25) is 24.7 Å². The molecule has 1 aliphatic heterocycles. The van der Waals surface area contributed by atoms with Crippen LogP contribution in [0.15, 0.2) is 24.3 Å². The lowest BCUT2D eigenvalue weighted by Gasteiger charge is -2.33. The van der Waals surface area contributed by atoms with Crippen LogP contribution in [0.2, 0.25) is 0 Å². The Hall–Kier alpha value is -3.51. The van der Waals surface area contributed by atoms with Crippen molar-refractivity contribution in [1.82, 2.24) is 4.98 Å². The Morgan fingerprint density at radius 2 is 1.58 bits per heavy atom. The zero-order valence-corrected chi connectivity index (χ0v) is 21.0. The summed E-state index contributed by atoms with van der Waals surface area (Å²) in [4.78, 5) is 64.8. The van der Waals surface area contributed by atoms with E-state index in [1.54, 1.807) is 0 Å². The number of hydrogen-bond donors (Lipinski definition) is 1. The molecule has 1 aliphatic rings. The average Bonchev–Trinajstić information content (AvgIpc) is 2.87. The molecule has 0 aliphatic carbocycles. The summed E-state index contributed by atoms with van der Waals surface area (Å²) < 4.78 is 25.6. The first-order valence-corrected chi connectivity index (χ1v) is 12.0. The molecule has 2 aromatic rings. The third kappa shape index (κ3) is 4.42. The van der Waals surface area contributed by atoms with Crippen LogP contribution in [0.25, 0.3) is 11.1 Å². The molecule has 0 spiro atoms. The highest BCUT2D eigenvalue weighted by molar-refractivity contribution is 7.69. The number of carbonyl (C=O) groups is 3. The second-order valence-corrected chi connectivity index (χ2v) is 9.78. The predicted molar refractivity (Wildman–Crippen MR) is 124 cm³/mol. The number of methoxy groups -OCH3 is 3. The third-order valence-corrected chi connectivity index (χ3v) is 7.76. The van der Waals surface area contributed by atoms with Gasteiger partial charge in [0.05, 0.1) is 54.3 Å². The van der Waals surface area contributed by atoms with Crippen molar-refractivity contribution in [3.8, 4) is 11.1 Å². The van der Waals surface area contributed by atoms with Gasteiger partial charge >= 0.3 is 25.9 Å². The molecule has 192 valence electrons. The van der Waals surface area contributed by atoms with E-state index in [9.17, 15) is 29.4 Å². The molecule has 1 saturated heterocycles. The molecule has 3 rings (SSSR count). The lowest BCUT2D eigenvalue weighted by Crippen LogP contribution is -2.52. The fourth-order valence-electron chi connectivity index (χ4n) is 3.96. The molecule has 13 nitrogen and oxygen atoms in total. The Bertz CT molecular complexity index is 1220. The molecule has 0 amide bonds. The second-order valence-electron chi connectivity index (χ2n) is 7.78. The molecular formula is C22H24N2O11P+. The summed E-state index contributed by atoms with van der Waals surface area (Å²) >= 11 is 0. The zero-order chi connectivity index (χ0) is 26.8. The van der Waals surface area contributed by atoms with Gasteiger partial charge in [0, 0.05) is 6.07 Å². The summed E-state index contributed by atoms with van der Waals surface area (Å²) in [5.41, 5.74) is -2.30. The Morgan fingerprint density at radius 1 is 1.03 bits per heavy atom. The van der Waals surface area contributed by atoms with Gasteiger partial charge in [0.2, 0.25) is 10.7 Å². The van der Waals surface area contributed by atoms with Crippen LogP contribution in [-0.2, 0) is 32.8 Å². The first kappa shape index (κ1) is 27.1. The summed E-state index contributed by atoms with van der Waals surface area (Å²) in [7, 11) is -0.941. The fraction of sp³-hybridized carbons (Fsp3) is 0.364. The standard InChI is InChI=1S/C22H24N2O11P/c1-12-16(19(25)31-3)17(14-8-6-7-9-15(14)24(28)29)18(13(2)23-12)36(30)34-10-22(11-35-36,20(26)32-4)21(27)33-5/h6-9,30H,10-11H2,1-5H3/q+1. The number of nitrogens with zero attached hydrogens (tertiary/aromatic N) is 2. The maximum absolute atomic E-state index is 12.8. The molecule has 0 bridgehead atoms. The molecule has 36 heavy (non-hydrogen) atoms. The highest BCUT2D eigenvalue weighted by Gasteiger charge is 2.63. The van der Waals surface area contributed by atoms with E-state index >= 15 is 0 Å². The van der Waals surface area contributed by atoms with Crippen molar-refractivity contribution in [2.24, 2.45) is 5.41 Å². The highest BCUT2D eigenvalue weighted by atomic mass is 31.2. The monoisotopic (exact) mass is 523 g/mol. The maximum Gasteiger partial charge on any atom is 0.448 e. The minimum Gasteiger partial charge on any atom is -0.468 e. The van der Waals surface area contributed by atoms with Gasteiger partial charge in [-0.15, -0.1) is 0 Å². The fourth-order valence-corrected chi connectivity index (χ4v) is 6.06. The molecule has 0 saturated carbocycles. The molecule has 0 atom stereocenters. The number of rotatable bonds is 6. The number of nitro groups is 1. The number of pyridine rings is 1. The van der Waals surface area contributed by atoms with Crippen LogP contribution in [0, 0.1) is 29.4 Å². The van der Waals surface area contributed by atoms with Gasteiger partial charge in [0.1, 0.15) is 13.2 Å². The topological polar surface area (TPSA) is 174 Å². The van der Waals surface area contributed by atoms with Crippen LogP contribution in [0.4, 0.5) is 5.69 Å². The van der Waals surface area contributed by atoms with Crippen molar-refractivity contribution in [3.05, 3.63) is 51.3 Å². The number of para-hydroxylation sites is 1.